The van der Waals surface area contributed by atoms with Crippen LogP contribution in [0.1, 0.15) is 38.8 Å². The van der Waals surface area contributed by atoms with Crippen LogP contribution in [-0.4, -0.2) is 42.9 Å². The molecule has 34 heavy (non-hydrogen) atoms. The van der Waals surface area contributed by atoms with Gasteiger partial charge in [0.2, 0.25) is 11.7 Å². The Labute approximate surface area is 210 Å². The van der Waals surface area contributed by atoms with Crippen LogP contribution < -0.4 is 10.6 Å². The van der Waals surface area contributed by atoms with Gasteiger partial charge in [0.05, 0.1) is 24.3 Å². The standard InChI is InChI=1S/C25H30Cl2N2O5/c1-16-14-32-25(33-16,19-11-10-18(26)13-20(19)27)15-28-22(30)21(12-17-8-6-5-7-9-17)29-23(31)34-24(2,3)4/h5-11,13,16,21H,12,14-15H2,1-4H3,(H,28,30)(H,29,31). The lowest BCUT2D eigenvalue weighted by Gasteiger charge is -2.30. The summed E-state index contributed by atoms with van der Waals surface area (Å²) in [5.41, 5.74) is 0.744. The highest BCUT2D eigenvalue weighted by Crippen LogP contribution is 2.38. The maximum absolute atomic E-state index is 13.3. The van der Waals surface area contributed by atoms with E-state index in [4.69, 9.17) is 37.4 Å². The summed E-state index contributed by atoms with van der Waals surface area (Å²) in [6.07, 6.45) is -0.608. The number of amides is 2. The number of ether oxygens (including phenoxy) is 3. The predicted octanol–water partition coefficient (Wildman–Crippen LogP) is 4.83. The first-order chi connectivity index (χ1) is 16.0. The van der Waals surface area contributed by atoms with Crippen LogP contribution in [0.15, 0.2) is 48.5 Å². The quantitative estimate of drug-likeness (QED) is 0.559. The molecule has 0 radical (unpaired) electrons. The van der Waals surface area contributed by atoms with E-state index >= 15 is 0 Å². The van der Waals surface area contributed by atoms with Crippen molar-refractivity contribution in [3.05, 3.63) is 69.7 Å². The van der Waals surface area contributed by atoms with E-state index in [0.717, 1.165) is 5.56 Å². The number of carbonyl (C=O) groups excluding carboxylic acids is 2. The third-order valence-electron chi connectivity index (χ3n) is 5.07. The van der Waals surface area contributed by atoms with Crippen LogP contribution in [0.3, 0.4) is 0 Å². The molecule has 1 heterocycles. The topological polar surface area (TPSA) is 85.9 Å². The molecule has 184 valence electrons. The van der Waals surface area contributed by atoms with Gasteiger partial charge in [-0.25, -0.2) is 4.79 Å². The number of rotatable bonds is 7. The van der Waals surface area contributed by atoms with E-state index in [9.17, 15) is 9.59 Å². The summed E-state index contributed by atoms with van der Waals surface area (Å²) in [4.78, 5) is 25.7. The van der Waals surface area contributed by atoms with Crippen molar-refractivity contribution in [2.24, 2.45) is 0 Å². The van der Waals surface area contributed by atoms with Crippen LogP contribution in [0.4, 0.5) is 4.79 Å². The van der Waals surface area contributed by atoms with Crippen molar-refractivity contribution in [1.29, 1.82) is 0 Å². The fraction of sp³-hybridized carbons (Fsp3) is 0.440. The van der Waals surface area contributed by atoms with Gasteiger partial charge < -0.3 is 24.8 Å². The third kappa shape index (κ3) is 7.09. The molecule has 1 aliphatic heterocycles. The molecule has 7 nitrogen and oxygen atoms in total. The summed E-state index contributed by atoms with van der Waals surface area (Å²) < 4.78 is 17.4. The molecular formula is C25H30Cl2N2O5. The van der Waals surface area contributed by atoms with Crippen molar-refractivity contribution >= 4 is 35.2 Å². The molecule has 0 spiro atoms. The summed E-state index contributed by atoms with van der Waals surface area (Å²) in [6, 6.07) is 13.5. The van der Waals surface area contributed by atoms with Gasteiger partial charge in [-0.05, 0) is 45.4 Å². The van der Waals surface area contributed by atoms with E-state index in [1.54, 1.807) is 39.0 Å². The Morgan fingerprint density at radius 2 is 1.88 bits per heavy atom. The molecule has 3 rings (SSSR count). The number of benzene rings is 2. The van der Waals surface area contributed by atoms with E-state index in [0.29, 0.717) is 22.2 Å². The summed E-state index contributed by atoms with van der Waals surface area (Å²) in [5, 5.41) is 6.38. The van der Waals surface area contributed by atoms with Gasteiger partial charge in [-0.2, -0.15) is 0 Å². The zero-order valence-electron chi connectivity index (χ0n) is 19.7. The highest BCUT2D eigenvalue weighted by molar-refractivity contribution is 6.35. The lowest BCUT2D eigenvalue weighted by molar-refractivity contribution is -0.173. The fourth-order valence-corrected chi connectivity index (χ4v) is 4.16. The second-order valence-corrected chi connectivity index (χ2v) is 10.1. The molecule has 2 amide bonds. The monoisotopic (exact) mass is 508 g/mol. The van der Waals surface area contributed by atoms with Crippen LogP contribution in [0.2, 0.25) is 10.0 Å². The molecule has 3 atom stereocenters. The lowest BCUT2D eigenvalue weighted by atomic mass is 10.0. The van der Waals surface area contributed by atoms with Crippen molar-refractivity contribution in [3.63, 3.8) is 0 Å². The van der Waals surface area contributed by atoms with E-state index < -0.39 is 29.4 Å². The maximum atomic E-state index is 13.3. The third-order valence-corrected chi connectivity index (χ3v) is 5.62. The number of alkyl carbamates (subject to hydrolysis) is 1. The maximum Gasteiger partial charge on any atom is 0.408 e. The van der Waals surface area contributed by atoms with Crippen LogP contribution >= 0.6 is 23.2 Å². The molecule has 1 saturated heterocycles. The number of halogens is 2. The normalized spacial score (nSPS) is 21.1. The Kier molecular flexibility index (Phi) is 8.47. The average molecular weight is 509 g/mol. The molecule has 9 heteroatoms. The molecule has 1 aliphatic rings. The highest BCUT2D eigenvalue weighted by Gasteiger charge is 2.44. The van der Waals surface area contributed by atoms with Gasteiger partial charge in [-0.15, -0.1) is 0 Å². The van der Waals surface area contributed by atoms with Gasteiger partial charge in [-0.1, -0.05) is 59.6 Å². The molecule has 2 N–H and O–H groups in total. The number of nitrogens with one attached hydrogen (secondary N) is 2. The van der Waals surface area contributed by atoms with Crippen molar-refractivity contribution in [2.75, 3.05) is 13.2 Å². The first-order valence-electron chi connectivity index (χ1n) is 11.1. The Morgan fingerprint density at radius 3 is 2.47 bits per heavy atom. The SMILES string of the molecule is CC1COC(CNC(=O)C(Cc2ccccc2)NC(=O)OC(C)(C)C)(c2ccc(Cl)cc2Cl)O1. The molecular weight excluding hydrogens is 479 g/mol. The first kappa shape index (κ1) is 26.3. The van der Waals surface area contributed by atoms with Crippen molar-refractivity contribution in [1.82, 2.24) is 10.6 Å². The summed E-state index contributed by atoms with van der Waals surface area (Å²) >= 11 is 12.5. The largest absolute Gasteiger partial charge is 0.444 e. The second kappa shape index (κ2) is 11.0. The van der Waals surface area contributed by atoms with E-state index in [1.807, 2.05) is 37.3 Å². The van der Waals surface area contributed by atoms with Crippen LogP contribution in [0, 0.1) is 0 Å². The van der Waals surface area contributed by atoms with E-state index in [-0.39, 0.29) is 19.1 Å². The molecule has 2 aromatic rings. The van der Waals surface area contributed by atoms with Gasteiger partial charge in [0.25, 0.3) is 0 Å². The van der Waals surface area contributed by atoms with Crippen LogP contribution in [0.5, 0.6) is 0 Å². The minimum atomic E-state index is -1.28. The highest BCUT2D eigenvalue weighted by atomic mass is 35.5. The Hall–Kier alpha value is -2.32. The number of hydrogen-bond donors (Lipinski definition) is 2. The summed E-state index contributed by atoms with van der Waals surface area (Å²) in [6.45, 7) is 7.46. The molecule has 0 aromatic heterocycles. The molecule has 0 aliphatic carbocycles. The molecule has 0 bridgehead atoms. The van der Waals surface area contributed by atoms with Gasteiger partial charge in [0.15, 0.2) is 0 Å². The van der Waals surface area contributed by atoms with Crippen LogP contribution in [-0.2, 0) is 31.2 Å². The van der Waals surface area contributed by atoms with Crippen molar-refractivity contribution < 1.29 is 23.8 Å². The Morgan fingerprint density at radius 1 is 1.18 bits per heavy atom. The van der Waals surface area contributed by atoms with E-state index in [1.165, 1.54) is 0 Å². The number of carbonyl (C=O) groups is 2. The first-order valence-corrected chi connectivity index (χ1v) is 11.8. The summed E-state index contributed by atoms with van der Waals surface area (Å²) in [7, 11) is 0. The second-order valence-electron chi connectivity index (χ2n) is 9.22. The Balaban J connectivity index is 1.78. The average Bonchev–Trinajstić information content (AvgIpc) is 3.12. The zero-order valence-corrected chi connectivity index (χ0v) is 21.2. The molecule has 1 fully saturated rings. The molecule has 0 saturated carbocycles. The van der Waals surface area contributed by atoms with Crippen LogP contribution in [0.25, 0.3) is 0 Å². The lowest BCUT2D eigenvalue weighted by Crippen LogP contribution is -2.52. The predicted molar refractivity (Wildman–Crippen MR) is 131 cm³/mol. The van der Waals surface area contributed by atoms with Gasteiger partial charge >= 0.3 is 6.09 Å². The summed E-state index contributed by atoms with van der Waals surface area (Å²) in [5.74, 6) is -1.69. The van der Waals surface area contributed by atoms with Gasteiger partial charge in [0.1, 0.15) is 11.6 Å². The number of hydrogen-bond acceptors (Lipinski definition) is 5. The molecule has 2 aromatic carbocycles. The van der Waals surface area contributed by atoms with E-state index in [2.05, 4.69) is 10.6 Å². The minimum absolute atomic E-state index is 0.0151. The van der Waals surface area contributed by atoms with Crippen molar-refractivity contribution in [2.45, 2.75) is 57.6 Å². The van der Waals surface area contributed by atoms with Gasteiger partial charge in [-0.3, -0.25) is 4.79 Å². The Bertz CT molecular complexity index is 1010. The van der Waals surface area contributed by atoms with Crippen molar-refractivity contribution in [3.8, 4) is 0 Å². The zero-order chi connectivity index (χ0) is 24.9. The minimum Gasteiger partial charge on any atom is -0.444 e. The fourth-order valence-electron chi connectivity index (χ4n) is 3.61. The van der Waals surface area contributed by atoms with Gasteiger partial charge in [0, 0.05) is 17.0 Å². The smallest absolute Gasteiger partial charge is 0.408 e. The molecule has 3 unspecified atom stereocenters.